The van der Waals surface area contributed by atoms with Crippen molar-refractivity contribution >= 4 is 21.9 Å². The third kappa shape index (κ3) is 1.88. The predicted molar refractivity (Wildman–Crippen MR) is 47.3 cm³/mol. The second-order valence-electron chi connectivity index (χ2n) is 2.13. The Morgan fingerprint density at radius 3 is 3.08 bits per heavy atom. The summed E-state index contributed by atoms with van der Waals surface area (Å²) in [6.07, 6.45) is 1.48. The molecular formula is C8H9BrO3. The first-order chi connectivity index (χ1) is 5.79. The standard InChI is InChI=1S/C8H9BrO3/c1-2-11-8(10)7-6(5-9)3-4-12-7/h3-4H,2,5H2,1H3. The highest BCUT2D eigenvalue weighted by atomic mass is 79.9. The molecule has 0 saturated carbocycles. The first kappa shape index (κ1) is 9.32. The second-order valence-corrected chi connectivity index (χ2v) is 2.69. The normalized spacial score (nSPS) is 9.83. The fraction of sp³-hybridized carbons (Fsp3) is 0.375. The van der Waals surface area contributed by atoms with Gasteiger partial charge in [-0.2, -0.15) is 0 Å². The first-order valence-electron chi connectivity index (χ1n) is 3.59. The van der Waals surface area contributed by atoms with Gasteiger partial charge in [-0.25, -0.2) is 4.79 Å². The maximum Gasteiger partial charge on any atom is 0.374 e. The van der Waals surface area contributed by atoms with Crippen LogP contribution in [0.4, 0.5) is 0 Å². The molecule has 0 spiro atoms. The number of hydrogen-bond donors (Lipinski definition) is 0. The van der Waals surface area contributed by atoms with Crippen molar-refractivity contribution in [1.29, 1.82) is 0 Å². The van der Waals surface area contributed by atoms with Crippen LogP contribution in [-0.2, 0) is 10.1 Å². The number of halogens is 1. The molecule has 0 atom stereocenters. The average molecular weight is 233 g/mol. The van der Waals surface area contributed by atoms with Gasteiger partial charge in [-0.05, 0) is 13.0 Å². The topological polar surface area (TPSA) is 39.4 Å². The minimum atomic E-state index is -0.406. The number of alkyl halides is 1. The molecule has 1 aromatic rings. The molecule has 0 aromatic carbocycles. The van der Waals surface area contributed by atoms with Crippen molar-refractivity contribution < 1.29 is 13.9 Å². The highest BCUT2D eigenvalue weighted by Crippen LogP contribution is 2.14. The molecule has 0 N–H and O–H groups in total. The minimum absolute atomic E-state index is 0.286. The Balaban J connectivity index is 2.79. The molecular weight excluding hydrogens is 224 g/mol. The Hall–Kier alpha value is -0.770. The molecule has 0 bridgehead atoms. The van der Waals surface area contributed by atoms with Crippen LogP contribution in [0.1, 0.15) is 23.0 Å². The maximum atomic E-state index is 11.1. The third-order valence-corrected chi connectivity index (χ3v) is 1.96. The van der Waals surface area contributed by atoms with Crippen molar-refractivity contribution in [3.8, 4) is 0 Å². The summed E-state index contributed by atoms with van der Waals surface area (Å²) in [7, 11) is 0. The van der Waals surface area contributed by atoms with Gasteiger partial charge in [0.1, 0.15) is 0 Å². The van der Waals surface area contributed by atoms with Gasteiger partial charge in [0.25, 0.3) is 0 Å². The van der Waals surface area contributed by atoms with E-state index < -0.39 is 5.97 Å². The first-order valence-corrected chi connectivity index (χ1v) is 4.71. The van der Waals surface area contributed by atoms with Gasteiger partial charge in [0.15, 0.2) is 0 Å². The molecule has 0 radical (unpaired) electrons. The smallest absolute Gasteiger partial charge is 0.374 e. The average Bonchev–Trinajstić information content (AvgIpc) is 2.51. The van der Waals surface area contributed by atoms with Gasteiger partial charge in [-0.15, -0.1) is 0 Å². The lowest BCUT2D eigenvalue weighted by Gasteiger charge is -1.98. The fourth-order valence-corrected chi connectivity index (χ4v) is 1.26. The largest absolute Gasteiger partial charge is 0.460 e. The lowest BCUT2D eigenvalue weighted by atomic mass is 10.3. The van der Waals surface area contributed by atoms with E-state index in [1.54, 1.807) is 13.0 Å². The highest BCUT2D eigenvalue weighted by molar-refractivity contribution is 9.08. The van der Waals surface area contributed by atoms with Crippen LogP contribution in [0.5, 0.6) is 0 Å². The van der Waals surface area contributed by atoms with Gasteiger partial charge in [0.05, 0.1) is 12.9 Å². The molecule has 4 heteroatoms. The van der Waals surface area contributed by atoms with E-state index >= 15 is 0 Å². The van der Waals surface area contributed by atoms with Crippen molar-refractivity contribution in [2.45, 2.75) is 12.3 Å². The van der Waals surface area contributed by atoms with Gasteiger partial charge in [0.2, 0.25) is 5.76 Å². The van der Waals surface area contributed by atoms with Crippen LogP contribution in [0.2, 0.25) is 0 Å². The number of furan rings is 1. The molecule has 1 rings (SSSR count). The number of rotatable bonds is 3. The summed E-state index contributed by atoms with van der Waals surface area (Å²) >= 11 is 3.24. The quantitative estimate of drug-likeness (QED) is 0.594. The van der Waals surface area contributed by atoms with Gasteiger partial charge >= 0.3 is 5.97 Å². The monoisotopic (exact) mass is 232 g/mol. The summed E-state index contributed by atoms with van der Waals surface area (Å²) in [5.74, 6) is -0.120. The van der Waals surface area contributed by atoms with Crippen LogP contribution in [0, 0.1) is 0 Å². The van der Waals surface area contributed by atoms with Gasteiger partial charge in [-0.3, -0.25) is 0 Å². The van der Waals surface area contributed by atoms with Gasteiger partial charge in [-0.1, -0.05) is 15.9 Å². The molecule has 0 aliphatic carbocycles. The summed E-state index contributed by atoms with van der Waals surface area (Å²) in [4.78, 5) is 11.1. The maximum absolute atomic E-state index is 11.1. The fourth-order valence-electron chi connectivity index (χ4n) is 0.817. The molecule has 0 aliphatic rings. The Kier molecular flexibility index (Phi) is 3.34. The van der Waals surface area contributed by atoms with Crippen molar-refractivity contribution in [3.63, 3.8) is 0 Å². The summed E-state index contributed by atoms with van der Waals surface area (Å²) in [6.45, 7) is 2.12. The van der Waals surface area contributed by atoms with Gasteiger partial charge < -0.3 is 9.15 Å². The minimum Gasteiger partial charge on any atom is -0.460 e. The summed E-state index contributed by atoms with van der Waals surface area (Å²) in [5, 5.41) is 0.595. The van der Waals surface area contributed by atoms with Crippen LogP contribution < -0.4 is 0 Å². The van der Waals surface area contributed by atoms with Crippen LogP contribution in [0.3, 0.4) is 0 Å². The van der Waals surface area contributed by atoms with E-state index in [-0.39, 0.29) is 5.76 Å². The molecule has 0 unspecified atom stereocenters. The number of ether oxygens (including phenoxy) is 1. The highest BCUT2D eigenvalue weighted by Gasteiger charge is 2.14. The van der Waals surface area contributed by atoms with E-state index in [1.807, 2.05) is 0 Å². The van der Waals surface area contributed by atoms with Crippen LogP contribution >= 0.6 is 15.9 Å². The Morgan fingerprint density at radius 2 is 2.50 bits per heavy atom. The SMILES string of the molecule is CCOC(=O)c1occc1CBr. The number of hydrogen-bond acceptors (Lipinski definition) is 3. The van der Waals surface area contributed by atoms with Crippen molar-refractivity contribution in [2.24, 2.45) is 0 Å². The van der Waals surface area contributed by atoms with Crippen molar-refractivity contribution in [1.82, 2.24) is 0 Å². The van der Waals surface area contributed by atoms with Gasteiger partial charge in [0, 0.05) is 10.9 Å². The van der Waals surface area contributed by atoms with E-state index in [2.05, 4.69) is 15.9 Å². The Labute approximate surface area is 78.8 Å². The van der Waals surface area contributed by atoms with Crippen LogP contribution in [0.25, 0.3) is 0 Å². The van der Waals surface area contributed by atoms with E-state index in [0.29, 0.717) is 11.9 Å². The molecule has 0 amide bonds. The van der Waals surface area contributed by atoms with Crippen molar-refractivity contribution in [2.75, 3.05) is 6.61 Å². The Morgan fingerprint density at radius 1 is 1.75 bits per heavy atom. The van der Waals surface area contributed by atoms with E-state index in [1.165, 1.54) is 6.26 Å². The second kappa shape index (κ2) is 4.30. The zero-order valence-corrected chi connectivity index (χ0v) is 8.26. The third-order valence-electron chi connectivity index (χ3n) is 1.35. The molecule has 0 fully saturated rings. The lowest BCUT2D eigenvalue weighted by molar-refractivity contribution is 0.0489. The summed E-state index contributed by atoms with van der Waals surface area (Å²) in [5.41, 5.74) is 0.813. The number of esters is 1. The van der Waals surface area contributed by atoms with E-state index in [4.69, 9.17) is 9.15 Å². The predicted octanol–water partition coefficient (Wildman–Crippen LogP) is 2.35. The molecule has 12 heavy (non-hydrogen) atoms. The molecule has 0 aliphatic heterocycles. The van der Waals surface area contributed by atoms with Crippen molar-refractivity contribution in [3.05, 3.63) is 23.7 Å². The van der Waals surface area contributed by atoms with E-state index in [9.17, 15) is 4.79 Å². The Bertz CT molecular complexity index is 267. The summed E-state index contributed by atoms with van der Waals surface area (Å²) in [6, 6.07) is 1.74. The van der Waals surface area contributed by atoms with Crippen LogP contribution in [-0.4, -0.2) is 12.6 Å². The lowest BCUT2D eigenvalue weighted by Crippen LogP contribution is -2.05. The molecule has 1 aromatic heterocycles. The number of carbonyl (C=O) groups is 1. The molecule has 66 valence electrons. The zero-order chi connectivity index (χ0) is 8.97. The molecule has 3 nitrogen and oxygen atoms in total. The van der Waals surface area contributed by atoms with E-state index in [0.717, 1.165) is 5.56 Å². The molecule has 0 saturated heterocycles. The molecule has 1 heterocycles. The van der Waals surface area contributed by atoms with Crippen LogP contribution in [0.15, 0.2) is 16.7 Å². The number of carbonyl (C=O) groups excluding carboxylic acids is 1. The zero-order valence-electron chi connectivity index (χ0n) is 6.67. The summed E-state index contributed by atoms with van der Waals surface area (Å²) < 4.78 is 9.74.